The summed E-state index contributed by atoms with van der Waals surface area (Å²) in [5.74, 6) is -4.51. The van der Waals surface area contributed by atoms with Gasteiger partial charge in [0.2, 0.25) is 17.7 Å². The van der Waals surface area contributed by atoms with Crippen molar-refractivity contribution in [2.75, 3.05) is 6.54 Å². The Bertz CT molecular complexity index is 1390. The van der Waals surface area contributed by atoms with Crippen LogP contribution in [-0.2, 0) is 36.8 Å². The SMILES string of the molecule is NC(CC(=O)O)C(=O)NC(Cc1cnc[nH]1)C(=O)N1CCCC1C(=O)NC(Cc1c[nH]c2ccccc12)C(=O)O. The van der Waals surface area contributed by atoms with Gasteiger partial charge in [0.15, 0.2) is 0 Å². The molecule has 1 aliphatic heterocycles. The number of nitrogens with one attached hydrogen (secondary N) is 4. The van der Waals surface area contributed by atoms with Gasteiger partial charge in [0, 0.05) is 48.4 Å². The van der Waals surface area contributed by atoms with Crippen LogP contribution >= 0.6 is 0 Å². The Kier molecular flexibility index (Phi) is 8.79. The predicted octanol–water partition coefficient (Wildman–Crippen LogP) is -0.477. The molecule has 212 valence electrons. The zero-order valence-electron chi connectivity index (χ0n) is 21.5. The Balaban J connectivity index is 1.48. The predicted molar refractivity (Wildman–Crippen MR) is 141 cm³/mol. The molecule has 1 aliphatic rings. The summed E-state index contributed by atoms with van der Waals surface area (Å²) in [6, 6.07) is 2.67. The molecule has 3 aromatic rings. The number of imidazole rings is 1. The number of nitrogens with zero attached hydrogens (tertiary/aromatic N) is 2. The molecule has 8 N–H and O–H groups in total. The maximum Gasteiger partial charge on any atom is 0.326 e. The molecule has 0 bridgehead atoms. The molecule has 40 heavy (non-hydrogen) atoms. The van der Waals surface area contributed by atoms with Crippen molar-refractivity contribution < 1.29 is 34.2 Å². The molecule has 4 atom stereocenters. The van der Waals surface area contributed by atoms with Gasteiger partial charge in [-0.3, -0.25) is 19.2 Å². The summed E-state index contributed by atoms with van der Waals surface area (Å²) >= 11 is 0. The lowest BCUT2D eigenvalue weighted by Gasteiger charge is -2.29. The smallest absolute Gasteiger partial charge is 0.326 e. The molecule has 14 nitrogen and oxygen atoms in total. The van der Waals surface area contributed by atoms with Crippen LogP contribution in [0.5, 0.6) is 0 Å². The summed E-state index contributed by atoms with van der Waals surface area (Å²) < 4.78 is 0. The number of aromatic amines is 2. The minimum absolute atomic E-state index is 0.00643. The maximum atomic E-state index is 13.6. The third-order valence-corrected chi connectivity index (χ3v) is 6.88. The second-order valence-corrected chi connectivity index (χ2v) is 9.70. The summed E-state index contributed by atoms with van der Waals surface area (Å²) in [5, 5.41) is 24.7. The van der Waals surface area contributed by atoms with E-state index in [0.717, 1.165) is 16.5 Å². The van der Waals surface area contributed by atoms with Gasteiger partial charge in [-0.25, -0.2) is 9.78 Å². The average Bonchev–Trinajstić information content (AvgIpc) is 3.68. The van der Waals surface area contributed by atoms with Crippen molar-refractivity contribution in [2.24, 2.45) is 5.73 Å². The van der Waals surface area contributed by atoms with E-state index < -0.39 is 60.2 Å². The molecule has 1 saturated heterocycles. The number of carboxylic acid groups (broad SMARTS) is 2. The van der Waals surface area contributed by atoms with Crippen LogP contribution in [0.3, 0.4) is 0 Å². The molecule has 0 spiro atoms. The highest BCUT2D eigenvalue weighted by molar-refractivity contribution is 5.95. The van der Waals surface area contributed by atoms with Crippen molar-refractivity contribution in [2.45, 2.75) is 56.3 Å². The van der Waals surface area contributed by atoms with E-state index >= 15 is 0 Å². The number of aromatic nitrogens is 3. The quantitative estimate of drug-likeness (QED) is 0.154. The first-order chi connectivity index (χ1) is 19.1. The Morgan fingerprint density at radius 1 is 1.07 bits per heavy atom. The highest BCUT2D eigenvalue weighted by Gasteiger charge is 2.39. The van der Waals surface area contributed by atoms with Gasteiger partial charge < -0.3 is 41.4 Å². The molecule has 0 saturated carbocycles. The van der Waals surface area contributed by atoms with Gasteiger partial charge in [0.25, 0.3) is 0 Å². The van der Waals surface area contributed by atoms with Crippen LogP contribution in [0.2, 0.25) is 0 Å². The minimum atomic E-state index is -1.38. The van der Waals surface area contributed by atoms with E-state index in [4.69, 9.17) is 10.8 Å². The van der Waals surface area contributed by atoms with E-state index in [1.54, 1.807) is 6.20 Å². The van der Waals surface area contributed by atoms with E-state index in [-0.39, 0.29) is 19.4 Å². The summed E-state index contributed by atoms with van der Waals surface area (Å²) in [6.45, 7) is 0.216. The topological polar surface area (TPSA) is 224 Å². The number of carbonyl (C=O) groups is 5. The molecule has 1 fully saturated rings. The number of aliphatic carboxylic acids is 2. The lowest BCUT2D eigenvalue weighted by Crippen LogP contribution is -2.57. The van der Waals surface area contributed by atoms with Crippen LogP contribution in [0.1, 0.15) is 30.5 Å². The Labute approximate surface area is 228 Å². The number of benzene rings is 1. The van der Waals surface area contributed by atoms with E-state index in [2.05, 4.69) is 25.6 Å². The average molecular weight is 554 g/mol. The standard InChI is InChI=1S/C26H31N7O7/c27-17(10-22(34)35)23(36)31-19(9-15-12-28-13-30-15)25(38)33-7-3-6-21(33)24(37)32-20(26(39)40)8-14-11-29-18-5-2-1-4-16(14)18/h1-2,4-5,11-13,17,19-21,29H,3,6-10,27H2,(H,28,30)(H,31,36)(H,32,37)(H,34,35)(H,39,40). The first-order valence-corrected chi connectivity index (χ1v) is 12.8. The molecule has 3 amide bonds. The molecular formula is C26H31N7O7. The van der Waals surface area contributed by atoms with Crippen LogP contribution < -0.4 is 16.4 Å². The van der Waals surface area contributed by atoms with Crippen LogP contribution in [0.4, 0.5) is 0 Å². The molecule has 14 heteroatoms. The number of likely N-dealkylation sites (tertiary alicyclic amines) is 1. The molecule has 2 aromatic heterocycles. The number of hydrogen-bond acceptors (Lipinski definition) is 7. The molecule has 4 unspecified atom stereocenters. The molecule has 0 radical (unpaired) electrons. The van der Waals surface area contributed by atoms with Crippen LogP contribution in [0.15, 0.2) is 43.0 Å². The number of fused-ring (bicyclic) bond motifs is 1. The van der Waals surface area contributed by atoms with Crippen LogP contribution in [0.25, 0.3) is 10.9 Å². The van der Waals surface area contributed by atoms with Crippen molar-refractivity contribution in [3.8, 4) is 0 Å². The normalized spacial score (nSPS) is 17.2. The third-order valence-electron chi connectivity index (χ3n) is 6.88. The van der Waals surface area contributed by atoms with E-state index in [9.17, 15) is 29.1 Å². The third kappa shape index (κ3) is 6.64. The van der Waals surface area contributed by atoms with Crippen molar-refractivity contribution in [3.63, 3.8) is 0 Å². The molecule has 4 rings (SSSR count). The molecular weight excluding hydrogens is 522 g/mol. The fourth-order valence-electron chi connectivity index (χ4n) is 4.87. The second kappa shape index (κ2) is 12.4. The van der Waals surface area contributed by atoms with Crippen molar-refractivity contribution in [1.29, 1.82) is 0 Å². The van der Waals surface area contributed by atoms with Crippen molar-refractivity contribution in [1.82, 2.24) is 30.5 Å². The first kappa shape index (κ1) is 28.3. The van der Waals surface area contributed by atoms with Gasteiger partial charge in [-0.05, 0) is 24.5 Å². The van der Waals surface area contributed by atoms with Crippen LogP contribution in [0, 0.1) is 0 Å². The fourth-order valence-corrected chi connectivity index (χ4v) is 4.87. The van der Waals surface area contributed by atoms with Gasteiger partial charge in [-0.15, -0.1) is 0 Å². The van der Waals surface area contributed by atoms with Gasteiger partial charge in [-0.2, -0.15) is 0 Å². The Morgan fingerprint density at radius 2 is 1.85 bits per heavy atom. The summed E-state index contributed by atoms with van der Waals surface area (Å²) in [5.41, 5.74) is 7.77. The highest BCUT2D eigenvalue weighted by Crippen LogP contribution is 2.22. The second-order valence-electron chi connectivity index (χ2n) is 9.70. The van der Waals surface area contributed by atoms with E-state index in [1.165, 1.54) is 17.4 Å². The minimum Gasteiger partial charge on any atom is -0.481 e. The number of rotatable bonds is 12. The van der Waals surface area contributed by atoms with Gasteiger partial charge in [0.1, 0.15) is 18.1 Å². The van der Waals surface area contributed by atoms with E-state index in [0.29, 0.717) is 18.5 Å². The first-order valence-electron chi connectivity index (χ1n) is 12.8. The zero-order valence-corrected chi connectivity index (χ0v) is 21.5. The number of para-hydroxylation sites is 1. The fraction of sp³-hybridized carbons (Fsp3) is 0.385. The number of carbonyl (C=O) groups excluding carboxylic acids is 3. The number of hydrogen-bond donors (Lipinski definition) is 7. The Morgan fingerprint density at radius 3 is 2.55 bits per heavy atom. The Hall–Kier alpha value is -4.72. The maximum absolute atomic E-state index is 13.6. The van der Waals surface area contributed by atoms with Gasteiger partial charge in [0.05, 0.1) is 18.8 Å². The summed E-state index contributed by atoms with van der Waals surface area (Å²) in [6.07, 6.45) is 4.78. The van der Waals surface area contributed by atoms with E-state index in [1.807, 2.05) is 24.3 Å². The number of nitrogens with two attached hydrogens (primary N) is 1. The van der Waals surface area contributed by atoms with Gasteiger partial charge >= 0.3 is 11.9 Å². The largest absolute Gasteiger partial charge is 0.481 e. The number of H-pyrrole nitrogens is 2. The van der Waals surface area contributed by atoms with Crippen molar-refractivity contribution >= 4 is 40.6 Å². The molecule has 1 aromatic carbocycles. The highest BCUT2D eigenvalue weighted by atomic mass is 16.4. The van der Waals surface area contributed by atoms with Crippen molar-refractivity contribution in [3.05, 3.63) is 54.2 Å². The number of amides is 3. The lowest BCUT2D eigenvalue weighted by atomic mass is 10.0. The summed E-state index contributed by atoms with van der Waals surface area (Å²) in [7, 11) is 0. The monoisotopic (exact) mass is 553 g/mol. The molecule has 0 aliphatic carbocycles. The zero-order chi connectivity index (χ0) is 28.8. The van der Waals surface area contributed by atoms with Crippen LogP contribution in [-0.4, -0.2) is 90.4 Å². The number of carboxylic acids is 2. The molecule has 3 heterocycles. The van der Waals surface area contributed by atoms with Gasteiger partial charge in [-0.1, -0.05) is 18.2 Å². The lowest BCUT2D eigenvalue weighted by molar-refractivity contribution is -0.145. The summed E-state index contributed by atoms with van der Waals surface area (Å²) in [4.78, 5) is 73.7.